The van der Waals surface area contributed by atoms with Crippen LogP contribution in [-0.4, -0.2) is 47.4 Å². The van der Waals surface area contributed by atoms with Gasteiger partial charge in [-0.05, 0) is 43.0 Å². The van der Waals surface area contributed by atoms with E-state index in [-0.39, 0.29) is 5.75 Å². The molecule has 142 valence electrons. The second kappa shape index (κ2) is 11.0. The normalized spacial score (nSPS) is 12.2. The van der Waals surface area contributed by atoms with Gasteiger partial charge in [-0.2, -0.15) is 0 Å². The van der Waals surface area contributed by atoms with E-state index in [1.165, 1.54) is 18.2 Å². The van der Waals surface area contributed by atoms with Crippen molar-refractivity contribution in [2.45, 2.75) is 32.1 Å². The molecule has 0 aliphatic carbocycles. The van der Waals surface area contributed by atoms with Gasteiger partial charge < -0.3 is 15.4 Å². The summed E-state index contributed by atoms with van der Waals surface area (Å²) in [6, 6.07) is 4.13. The summed E-state index contributed by atoms with van der Waals surface area (Å²) in [4.78, 5) is 4.11. The van der Waals surface area contributed by atoms with Crippen LogP contribution in [0.3, 0.4) is 0 Å². The van der Waals surface area contributed by atoms with Crippen LogP contribution in [0.1, 0.15) is 30.9 Å². The number of unbranched alkanes of at least 4 members (excludes halogenated alkanes) is 1. The summed E-state index contributed by atoms with van der Waals surface area (Å²) in [6.07, 6.45) is 3.07. The Morgan fingerprint density at radius 1 is 1.24 bits per heavy atom. The molecule has 0 amide bonds. The molecule has 0 fully saturated rings. The van der Waals surface area contributed by atoms with Gasteiger partial charge in [0.25, 0.3) is 0 Å². The van der Waals surface area contributed by atoms with Crippen LogP contribution in [0.5, 0.6) is 0 Å². The molecule has 1 aromatic carbocycles. The summed E-state index contributed by atoms with van der Waals surface area (Å²) in [5.74, 6) is 0.0761. The lowest BCUT2D eigenvalue weighted by Crippen LogP contribution is -2.37. The quantitative estimate of drug-likeness (QED) is 0.372. The summed E-state index contributed by atoms with van der Waals surface area (Å²) in [5, 5.41) is 6.26. The maximum Gasteiger partial charge on any atom is 0.191 e. The molecule has 0 unspecified atom stereocenters. The first-order valence-electron chi connectivity index (χ1n) is 8.33. The number of sulfone groups is 1. The van der Waals surface area contributed by atoms with Gasteiger partial charge in [0.15, 0.2) is 15.8 Å². The highest BCUT2D eigenvalue weighted by Crippen LogP contribution is 2.14. The van der Waals surface area contributed by atoms with E-state index < -0.39 is 15.7 Å². The predicted molar refractivity (Wildman–Crippen MR) is 98.9 cm³/mol. The summed E-state index contributed by atoms with van der Waals surface area (Å²) in [6.45, 7) is 4.46. The number of hydrogen-bond donors (Lipinski definition) is 2. The van der Waals surface area contributed by atoms with Crippen LogP contribution >= 0.6 is 0 Å². The molecule has 0 saturated heterocycles. The van der Waals surface area contributed by atoms with Crippen molar-refractivity contribution < 1.29 is 17.5 Å². The Bertz CT molecular complexity index is 663. The van der Waals surface area contributed by atoms with E-state index in [1.807, 2.05) is 6.92 Å². The van der Waals surface area contributed by atoms with E-state index >= 15 is 0 Å². The zero-order chi connectivity index (χ0) is 18.7. The number of guanidine groups is 1. The first kappa shape index (κ1) is 21.4. The van der Waals surface area contributed by atoms with Crippen LogP contribution in [0.15, 0.2) is 23.2 Å². The Morgan fingerprint density at radius 3 is 2.64 bits per heavy atom. The first-order chi connectivity index (χ1) is 11.9. The van der Waals surface area contributed by atoms with Crippen molar-refractivity contribution >= 4 is 15.8 Å². The second-order valence-electron chi connectivity index (χ2n) is 5.74. The molecule has 0 saturated carbocycles. The van der Waals surface area contributed by atoms with Crippen molar-refractivity contribution in [2.75, 3.05) is 33.1 Å². The van der Waals surface area contributed by atoms with Gasteiger partial charge in [0.2, 0.25) is 0 Å². The smallest absolute Gasteiger partial charge is 0.191 e. The molecular weight excluding hydrogens is 345 g/mol. The maximum atomic E-state index is 13.5. The third kappa shape index (κ3) is 9.40. The molecule has 0 aliphatic heterocycles. The number of rotatable bonds is 10. The molecule has 1 aromatic rings. The minimum atomic E-state index is -3.19. The third-order valence-electron chi connectivity index (χ3n) is 3.47. The van der Waals surface area contributed by atoms with Gasteiger partial charge in [-0.25, -0.2) is 12.8 Å². The first-order valence-corrected chi connectivity index (χ1v) is 10.4. The van der Waals surface area contributed by atoms with Crippen molar-refractivity contribution in [3.8, 4) is 0 Å². The summed E-state index contributed by atoms with van der Waals surface area (Å²) >= 11 is 0. The van der Waals surface area contributed by atoms with Crippen molar-refractivity contribution in [3.63, 3.8) is 0 Å². The Kier molecular flexibility index (Phi) is 9.44. The SMILES string of the molecule is CCOCCCCNC(=NC)NCc1cc(F)ccc1CS(C)(=O)=O. The van der Waals surface area contributed by atoms with Crippen LogP contribution in [0.2, 0.25) is 0 Å². The highest BCUT2D eigenvalue weighted by Gasteiger charge is 2.11. The van der Waals surface area contributed by atoms with Gasteiger partial charge in [-0.1, -0.05) is 6.07 Å². The zero-order valence-electron chi connectivity index (χ0n) is 15.1. The molecule has 6 nitrogen and oxygen atoms in total. The van der Waals surface area contributed by atoms with Gasteiger partial charge in [-0.15, -0.1) is 0 Å². The number of nitrogens with zero attached hydrogens (tertiary/aromatic N) is 1. The lowest BCUT2D eigenvalue weighted by atomic mass is 10.1. The molecule has 2 N–H and O–H groups in total. The second-order valence-corrected chi connectivity index (χ2v) is 7.88. The Balaban J connectivity index is 2.56. The van der Waals surface area contributed by atoms with Gasteiger partial charge in [-0.3, -0.25) is 4.99 Å². The number of nitrogens with one attached hydrogen (secondary N) is 2. The predicted octanol–water partition coefficient (Wildman–Crippen LogP) is 1.85. The minimum Gasteiger partial charge on any atom is -0.382 e. The van der Waals surface area contributed by atoms with Crippen molar-refractivity contribution in [3.05, 3.63) is 35.1 Å². The molecule has 0 atom stereocenters. The standard InChI is InChI=1S/C17H28FN3O3S/c1-4-24-10-6-5-9-20-17(19-2)21-12-15-11-16(18)8-7-14(15)13-25(3,22)23/h7-8,11H,4-6,9-10,12-13H2,1-3H3,(H2,19,20,21). The zero-order valence-corrected chi connectivity index (χ0v) is 16.0. The lowest BCUT2D eigenvalue weighted by molar-refractivity contribution is 0.143. The number of benzene rings is 1. The summed E-state index contributed by atoms with van der Waals surface area (Å²) in [7, 11) is -1.54. The van der Waals surface area contributed by atoms with Gasteiger partial charge in [0.1, 0.15) is 5.82 Å². The van der Waals surface area contributed by atoms with E-state index in [4.69, 9.17) is 4.74 Å². The number of ether oxygens (including phenoxy) is 1. The molecular formula is C17H28FN3O3S. The Hall–Kier alpha value is -1.67. The Labute approximate surface area is 149 Å². The van der Waals surface area contributed by atoms with Crippen LogP contribution in [0.4, 0.5) is 4.39 Å². The largest absolute Gasteiger partial charge is 0.382 e. The fourth-order valence-corrected chi connectivity index (χ4v) is 3.11. The number of aliphatic imine (C=N–C) groups is 1. The van der Waals surface area contributed by atoms with E-state index in [1.54, 1.807) is 7.05 Å². The fraction of sp³-hybridized carbons (Fsp3) is 0.588. The molecule has 0 heterocycles. The fourth-order valence-electron chi connectivity index (χ4n) is 2.26. The highest BCUT2D eigenvalue weighted by molar-refractivity contribution is 7.89. The van der Waals surface area contributed by atoms with Crippen molar-refractivity contribution in [2.24, 2.45) is 4.99 Å². The van der Waals surface area contributed by atoms with E-state index in [0.29, 0.717) is 23.6 Å². The molecule has 0 aliphatic rings. The lowest BCUT2D eigenvalue weighted by Gasteiger charge is -2.14. The van der Waals surface area contributed by atoms with Gasteiger partial charge in [0.05, 0.1) is 5.75 Å². The topological polar surface area (TPSA) is 79.8 Å². The average molecular weight is 373 g/mol. The molecule has 0 bridgehead atoms. The van der Waals surface area contributed by atoms with Crippen LogP contribution in [0, 0.1) is 5.82 Å². The molecule has 0 radical (unpaired) electrons. The van der Waals surface area contributed by atoms with Crippen molar-refractivity contribution in [1.29, 1.82) is 0 Å². The number of halogens is 1. The highest BCUT2D eigenvalue weighted by atomic mass is 32.2. The maximum absolute atomic E-state index is 13.5. The number of hydrogen-bond acceptors (Lipinski definition) is 4. The van der Waals surface area contributed by atoms with Gasteiger partial charge >= 0.3 is 0 Å². The summed E-state index contributed by atoms with van der Waals surface area (Å²) in [5.41, 5.74) is 1.19. The molecule has 0 aromatic heterocycles. The average Bonchev–Trinajstić information content (AvgIpc) is 2.54. The minimum absolute atomic E-state index is 0.117. The molecule has 0 spiro atoms. The molecule has 1 rings (SSSR count). The summed E-state index contributed by atoms with van der Waals surface area (Å²) < 4.78 is 41.8. The molecule has 25 heavy (non-hydrogen) atoms. The van der Waals surface area contributed by atoms with Crippen LogP contribution < -0.4 is 10.6 Å². The van der Waals surface area contributed by atoms with Crippen LogP contribution in [-0.2, 0) is 26.9 Å². The van der Waals surface area contributed by atoms with Crippen molar-refractivity contribution in [1.82, 2.24) is 10.6 Å². The monoisotopic (exact) mass is 373 g/mol. The van der Waals surface area contributed by atoms with Crippen LogP contribution in [0.25, 0.3) is 0 Å². The third-order valence-corrected chi connectivity index (χ3v) is 4.30. The molecule has 8 heteroatoms. The van der Waals surface area contributed by atoms with E-state index in [2.05, 4.69) is 15.6 Å². The van der Waals surface area contributed by atoms with E-state index in [0.717, 1.165) is 38.9 Å². The Morgan fingerprint density at radius 2 is 2.00 bits per heavy atom. The van der Waals surface area contributed by atoms with E-state index in [9.17, 15) is 12.8 Å². The van der Waals surface area contributed by atoms with Gasteiger partial charge in [0, 0.05) is 39.6 Å².